The van der Waals surface area contributed by atoms with Crippen molar-refractivity contribution in [1.82, 2.24) is 4.98 Å². The van der Waals surface area contributed by atoms with Crippen LogP contribution in [-0.2, 0) is 6.54 Å². The Morgan fingerprint density at radius 1 is 1.36 bits per heavy atom. The van der Waals surface area contributed by atoms with E-state index in [1.807, 2.05) is 24.3 Å². The van der Waals surface area contributed by atoms with E-state index in [0.29, 0.717) is 16.2 Å². The molecule has 2 aromatic rings. The van der Waals surface area contributed by atoms with E-state index in [-0.39, 0.29) is 0 Å². The van der Waals surface area contributed by atoms with Crippen LogP contribution in [0.15, 0.2) is 28.9 Å². The van der Waals surface area contributed by atoms with Crippen molar-refractivity contribution < 1.29 is 0 Å². The predicted molar refractivity (Wildman–Crippen MR) is 62.3 cm³/mol. The van der Waals surface area contributed by atoms with E-state index in [4.69, 9.17) is 17.3 Å². The van der Waals surface area contributed by atoms with Gasteiger partial charge in [-0.2, -0.15) is 0 Å². The van der Waals surface area contributed by atoms with Crippen molar-refractivity contribution in [3.05, 3.63) is 39.5 Å². The van der Waals surface area contributed by atoms with Gasteiger partial charge in [0.2, 0.25) is 0 Å². The molecule has 0 unspecified atom stereocenters. The highest BCUT2D eigenvalue weighted by molar-refractivity contribution is 9.10. The van der Waals surface area contributed by atoms with Gasteiger partial charge in [-0.1, -0.05) is 23.7 Å². The molecule has 2 nitrogen and oxygen atoms in total. The number of aromatic nitrogens is 1. The third-order valence-corrected chi connectivity index (χ3v) is 3.15. The zero-order chi connectivity index (χ0) is 10.1. The van der Waals surface area contributed by atoms with Crippen LogP contribution in [0.1, 0.15) is 5.56 Å². The van der Waals surface area contributed by atoms with Crippen LogP contribution in [-0.4, -0.2) is 4.98 Å². The molecule has 14 heavy (non-hydrogen) atoms. The number of nitrogens with two attached hydrogens (primary N) is 1. The lowest BCUT2D eigenvalue weighted by molar-refractivity contribution is 1.07. The molecule has 0 fully saturated rings. The molecule has 1 heterocycles. The van der Waals surface area contributed by atoms with Gasteiger partial charge >= 0.3 is 0 Å². The van der Waals surface area contributed by atoms with Crippen molar-refractivity contribution in [3.8, 4) is 0 Å². The van der Waals surface area contributed by atoms with Gasteiger partial charge in [0.05, 0.1) is 10.5 Å². The van der Waals surface area contributed by atoms with Crippen LogP contribution in [0.25, 0.3) is 10.9 Å². The molecule has 4 heteroatoms. The summed E-state index contributed by atoms with van der Waals surface area (Å²) >= 11 is 9.22. The molecular weight excluding hydrogens is 263 g/mol. The Bertz CT molecular complexity index is 485. The fourth-order valence-corrected chi connectivity index (χ4v) is 1.76. The lowest BCUT2D eigenvalue weighted by Gasteiger charge is -2.02. The fourth-order valence-electron chi connectivity index (χ4n) is 1.29. The summed E-state index contributed by atoms with van der Waals surface area (Å²) in [7, 11) is 0. The van der Waals surface area contributed by atoms with Crippen molar-refractivity contribution in [3.63, 3.8) is 0 Å². The minimum Gasteiger partial charge on any atom is -0.326 e. The summed E-state index contributed by atoms with van der Waals surface area (Å²) < 4.78 is 0.667. The first-order valence-electron chi connectivity index (χ1n) is 4.15. The van der Waals surface area contributed by atoms with Gasteiger partial charge in [-0.3, -0.25) is 0 Å². The summed E-state index contributed by atoms with van der Waals surface area (Å²) in [6.07, 6.45) is 0. The normalized spacial score (nSPS) is 10.8. The summed E-state index contributed by atoms with van der Waals surface area (Å²) in [4.78, 5) is 4.31. The second kappa shape index (κ2) is 3.85. The first kappa shape index (κ1) is 9.90. The lowest BCUT2D eigenvalue weighted by atomic mass is 10.1. The number of fused-ring (bicyclic) bond motifs is 1. The van der Waals surface area contributed by atoms with Gasteiger partial charge in [-0.15, -0.1) is 0 Å². The molecule has 0 saturated heterocycles. The Kier molecular flexibility index (Phi) is 2.72. The van der Waals surface area contributed by atoms with Crippen LogP contribution < -0.4 is 5.73 Å². The van der Waals surface area contributed by atoms with E-state index in [9.17, 15) is 0 Å². The molecule has 1 aromatic heterocycles. The molecule has 2 N–H and O–H groups in total. The number of halogens is 2. The molecule has 0 aliphatic heterocycles. The molecule has 0 aliphatic carbocycles. The summed E-state index contributed by atoms with van der Waals surface area (Å²) in [5.74, 6) is 0. The maximum Gasteiger partial charge on any atom is 0.125 e. The van der Waals surface area contributed by atoms with Crippen LogP contribution in [0.5, 0.6) is 0 Å². The Hall–Kier alpha value is -0.640. The molecular formula is C10H8BrClN2. The third kappa shape index (κ3) is 1.75. The van der Waals surface area contributed by atoms with Gasteiger partial charge < -0.3 is 5.73 Å². The molecule has 2 rings (SSSR count). The van der Waals surface area contributed by atoms with E-state index in [1.54, 1.807) is 0 Å². The second-order valence-corrected chi connectivity index (χ2v) is 4.15. The van der Waals surface area contributed by atoms with Crippen LogP contribution in [0.4, 0.5) is 0 Å². The molecule has 0 amide bonds. The highest BCUT2D eigenvalue weighted by atomic mass is 79.9. The van der Waals surface area contributed by atoms with Crippen LogP contribution in [0, 0.1) is 0 Å². The number of rotatable bonds is 1. The van der Waals surface area contributed by atoms with Crippen LogP contribution in [0.2, 0.25) is 5.02 Å². The molecule has 0 atom stereocenters. The minimum absolute atomic E-state index is 0.526. The Morgan fingerprint density at radius 2 is 2.14 bits per heavy atom. The monoisotopic (exact) mass is 270 g/mol. The molecule has 0 bridgehead atoms. The smallest absolute Gasteiger partial charge is 0.125 e. The molecule has 0 radical (unpaired) electrons. The van der Waals surface area contributed by atoms with Crippen molar-refractivity contribution in [2.24, 2.45) is 5.73 Å². The van der Waals surface area contributed by atoms with E-state index in [2.05, 4.69) is 20.9 Å². The maximum atomic E-state index is 5.93. The molecule has 0 aliphatic rings. The van der Waals surface area contributed by atoms with Crippen molar-refractivity contribution in [1.29, 1.82) is 0 Å². The molecule has 0 spiro atoms. The van der Waals surface area contributed by atoms with Gasteiger partial charge in [0, 0.05) is 11.9 Å². The van der Waals surface area contributed by atoms with Crippen molar-refractivity contribution in [2.45, 2.75) is 6.54 Å². The van der Waals surface area contributed by atoms with Gasteiger partial charge in [0.15, 0.2) is 0 Å². The number of nitrogens with zero attached hydrogens (tertiary/aromatic N) is 1. The second-order valence-electron chi connectivity index (χ2n) is 2.99. The first-order chi connectivity index (χ1) is 6.70. The van der Waals surface area contributed by atoms with Crippen LogP contribution in [0.3, 0.4) is 0 Å². The topological polar surface area (TPSA) is 38.9 Å². The number of hydrogen-bond donors (Lipinski definition) is 1. The summed E-state index contributed by atoms with van der Waals surface area (Å²) in [6.45, 7) is 0.526. The Morgan fingerprint density at radius 3 is 2.86 bits per heavy atom. The maximum absolute atomic E-state index is 5.93. The highest BCUT2D eigenvalue weighted by Gasteiger charge is 2.02. The zero-order valence-corrected chi connectivity index (χ0v) is 9.64. The highest BCUT2D eigenvalue weighted by Crippen LogP contribution is 2.25. The van der Waals surface area contributed by atoms with Crippen LogP contribution >= 0.6 is 27.5 Å². The zero-order valence-electron chi connectivity index (χ0n) is 7.30. The summed E-state index contributed by atoms with van der Waals surface area (Å²) in [5, 5.41) is 1.65. The van der Waals surface area contributed by atoms with E-state index >= 15 is 0 Å². The van der Waals surface area contributed by atoms with E-state index in [0.717, 1.165) is 16.5 Å². The van der Waals surface area contributed by atoms with Gasteiger partial charge in [-0.05, 0) is 33.6 Å². The van der Waals surface area contributed by atoms with Gasteiger partial charge in [0.25, 0.3) is 0 Å². The lowest BCUT2D eigenvalue weighted by Crippen LogP contribution is -1.96. The van der Waals surface area contributed by atoms with E-state index < -0.39 is 0 Å². The molecule has 0 saturated carbocycles. The summed E-state index contributed by atoms with van der Waals surface area (Å²) in [6, 6.07) is 7.81. The van der Waals surface area contributed by atoms with Gasteiger partial charge in [-0.25, -0.2) is 4.98 Å². The third-order valence-electron chi connectivity index (χ3n) is 2.03. The van der Waals surface area contributed by atoms with E-state index in [1.165, 1.54) is 0 Å². The Balaban J connectivity index is 2.70. The standard InChI is InChI=1S/C10H8BrClN2/c11-10-8(12)4-7-2-1-6(5-13)3-9(7)14-10/h1-4H,5,13H2. The average molecular weight is 272 g/mol. The number of hydrogen-bond acceptors (Lipinski definition) is 2. The molecule has 1 aromatic carbocycles. The predicted octanol–water partition coefficient (Wildman–Crippen LogP) is 3.11. The largest absolute Gasteiger partial charge is 0.326 e. The van der Waals surface area contributed by atoms with Crippen molar-refractivity contribution in [2.75, 3.05) is 0 Å². The van der Waals surface area contributed by atoms with Crippen molar-refractivity contribution >= 4 is 38.4 Å². The van der Waals surface area contributed by atoms with Gasteiger partial charge in [0.1, 0.15) is 4.60 Å². The molecule has 72 valence electrons. The average Bonchev–Trinajstić information content (AvgIpc) is 2.19. The summed E-state index contributed by atoms with van der Waals surface area (Å²) in [5.41, 5.74) is 7.52. The number of benzene rings is 1. The quantitative estimate of drug-likeness (QED) is 0.810. The SMILES string of the molecule is NCc1ccc2cc(Cl)c(Br)nc2c1. The minimum atomic E-state index is 0.526. The fraction of sp³-hybridized carbons (Fsp3) is 0.100. The first-order valence-corrected chi connectivity index (χ1v) is 5.32. The number of pyridine rings is 1. The Labute approximate surface area is 95.2 Å².